The molecule has 1 heterocycles. The van der Waals surface area contributed by atoms with Crippen LogP contribution in [0.1, 0.15) is 31.2 Å². The molecule has 0 spiro atoms. The maximum atomic E-state index is 9.39. The van der Waals surface area contributed by atoms with E-state index in [-0.39, 0.29) is 12.1 Å². The predicted octanol–water partition coefficient (Wildman–Crippen LogP) is 0.732. The fraction of sp³-hybridized carbons (Fsp3) is 0.750. The molecular weight excluding hydrogens is 202 g/mol. The lowest BCUT2D eigenvalue weighted by atomic mass is 9.99. The summed E-state index contributed by atoms with van der Waals surface area (Å²) in [6, 6.07) is 0. The maximum absolute atomic E-state index is 9.39. The van der Waals surface area contributed by atoms with E-state index in [0.717, 1.165) is 19.4 Å². The van der Waals surface area contributed by atoms with Gasteiger partial charge in [-0.2, -0.15) is 0 Å². The molecule has 1 aromatic rings. The fourth-order valence-electron chi connectivity index (χ4n) is 2.25. The summed E-state index contributed by atoms with van der Waals surface area (Å²) in [4.78, 5) is 4.46. The van der Waals surface area contributed by atoms with Crippen LogP contribution in [-0.4, -0.2) is 33.9 Å². The second-order valence-electron chi connectivity index (χ2n) is 4.94. The summed E-state index contributed by atoms with van der Waals surface area (Å²) in [7, 11) is 1.89. The summed E-state index contributed by atoms with van der Waals surface area (Å²) < 4.78 is 2.20. The van der Waals surface area contributed by atoms with Gasteiger partial charge in [-0.05, 0) is 39.7 Å². The molecule has 0 fully saturated rings. The maximum Gasteiger partial charge on any atom is 0.0952 e. The van der Waals surface area contributed by atoms with Crippen molar-refractivity contribution in [3.63, 3.8) is 0 Å². The minimum Gasteiger partial charge on any atom is -0.394 e. The number of likely N-dealkylation sites (N-methyl/N-ethyl adjacent to an activating group) is 1. The van der Waals surface area contributed by atoms with Crippen LogP contribution in [0.15, 0.2) is 6.33 Å². The van der Waals surface area contributed by atoms with Gasteiger partial charge in [-0.3, -0.25) is 0 Å². The molecule has 0 aromatic carbocycles. The van der Waals surface area contributed by atoms with E-state index in [9.17, 15) is 5.11 Å². The Morgan fingerprint density at radius 1 is 1.50 bits per heavy atom. The molecule has 4 nitrogen and oxygen atoms in total. The van der Waals surface area contributed by atoms with Crippen molar-refractivity contribution in [2.45, 2.75) is 44.7 Å². The highest BCUT2D eigenvalue weighted by Gasteiger charge is 2.24. The molecule has 1 aliphatic carbocycles. The number of nitrogens with zero attached hydrogens (tertiary/aromatic N) is 2. The lowest BCUT2D eigenvalue weighted by Gasteiger charge is -2.28. The number of aliphatic hydroxyl groups excluding tert-OH is 1. The van der Waals surface area contributed by atoms with Gasteiger partial charge in [-0.15, -0.1) is 0 Å². The number of aryl methyl sites for hydroxylation is 1. The monoisotopic (exact) mass is 223 g/mol. The Kier molecular flexibility index (Phi) is 3.30. The Morgan fingerprint density at radius 3 is 2.94 bits per heavy atom. The summed E-state index contributed by atoms with van der Waals surface area (Å²) in [5.74, 6) is 0. The lowest BCUT2D eigenvalue weighted by molar-refractivity contribution is 0.164. The van der Waals surface area contributed by atoms with Crippen LogP contribution in [0.25, 0.3) is 0 Å². The topological polar surface area (TPSA) is 50.1 Å². The molecule has 0 radical (unpaired) electrons. The SMILES string of the molecule is CNC(C)(CO)Cn1cnc2c1CCCC2. The molecule has 4 heteroatoms. The summed E-state index contributed by atoms with van der Waals surface area (Å²) in [6.45, 7) is 2.95. The van der Waals surface area contributed by atoms with E-state index < -0.39 is 0 Å². The van der Waals surface area contributed by atoms with Gasteiger partial charge in [-0.25, -0.2) is 4.98 Å². The molecule has 0 aliphatic heterocycles. The van der Waals surface area contributed by atoms with Crippen molar-refractivity contribution >= 4 is 0 Å². The summed E-state index contributed by atoms with van der Waals surface area (Å²) >= 11 is 0. The van der Waals surface area contributed by atoms with Crippen LogP contribution >= 0.6 is 0 Å². The number of hydrogen-bond donors (Lipinski definition) is 2. The highest BCUT2D eigenvalue weighted by Crippen LogP contribution is 2.21. The van der Waals surface area contributed by atoms with Gasteiger partial charge in [0.15, 0.2) is 0 Å². The van der Waals surface area contributed by atoms with Gasteiger partial charge in [0, 0.05) is 12.2 Å². The van der Waals surface area contributed by atoms with E-state index in [1.807, 2.05) is 20.3 Å². The van der Waals surface area contributed by atoms with Gasteiger partial charge in [0.1, 0.15) is 0 Å². The Hall–Kier alpha value is -0.870. The molecule has 2 rings (SSSR count). The van der Waals surface area contributed by atoms with E-state index in [2.05, 4.69) is 14.9 Å². The second kappa shape index (κ2) is 4.55. The van der Waals surface area contributed by atoms with Gasteiger partial charge in [0.25, 0.3) is 0 Å². The molecule has 2 N–H and O–H groups in total. The van der Waals surface area contributed by atoms with Crippen LogP contribution in [0, 0.1) is 0 Å². The van der Waals surface area contributed by atoms with E-state index >= 15 is 0 Å². The number of hydrogen-bond acceptors (Lipinski definition) is 3. The predicted molar refractivity (Wildman–Crippen MR) is 63.4 cm³/mol. The number of nitrogens with one attached hydrogen (secondary N) is 1. The lowest BCUT2D eigenvalue weighted by Crippen LogP contribution is -2.47. The van der Waals surface area contributed by atoms with Crippen LogP contribution in [0.2, 0.25) is 0 Å². The third-order valence-electron chi connectivity index (χ3n) is 3.58. The largest absolute Gasteiger partial charge is 0.394 e. The average Bonchev–Trinajstić information content (AvgIpc) is 2.73. The Labute approximate surface area is 96.7 Å². The van der Waals surface area contributed by atoms with Crippen molar-refractivity contribution in [3.05, 3.63) is 17.7 Å². The van der Waals surface area contributed by atoms with E-state index in [1.165, 1.54) is 24.2 Å². The van der Waals surface area contributed by atoms with Gasteiger partial charge >= 0.3 is 0 Å². The van der Waals surface area contributed by atoms with Crippen LogP contribution < -0.4 is 5.32 Å². The molecule has 0 bridgehead atoms. The van der Waals surface area contributed by atoms with E-state index in [1.54, 1.807) is 0 Å². The van der Waals surface area contributed by atoms with Crippen molar-refractivity contribution in [2.24, 2.45) is 0 Å². The zero-order chi connectivity index (χ0) is 11.6. The minimum atomic E-state index is -0.258. The molecule has 0 saturated heterocycles. The van der Waals surface area contributed by atoms with Crippen LogP contribution in [-0.2, 0) is 19.4 Å². The first-order valence-corrected chi connectivity index (χ1v) is 6.01. The van der Waals surface area contributed by atoms with Gasteiger partial charge < -0.3 is 15.0 Å². The number of aromatic nitrogens is 2. The Balaban J connectivity index is 2.18. The average molecular weight is 223 g/mol. The molecule has 1 aliphatic rings. The number of imidazole rings is 1. The van der Waals surface area contributed by atoms with Crippen molar-refractivity contribution < 1.29 is 5.11 Å². The zero-order valence-corrected chi connectivity index (χ0v) is 10.2. The van der Waals surface area contributed by atoms with E-state index in [0.29, 0.717) is 0 Å². The third kappa shape index (κ3) is 2.13. The molecule has 0 saturated carbocycles. The quantitative estimate of drug-likeness (QED) is 0.791. The first-order valence-electron chi connectivity index (χ1n) is 6.01. The second-order valence-corrected chi connectivity index (χ2v) is 4.94. The van der Waals surface area contributed by atoms with E-state index in [4.69, 9.17) is 0 Å². The normalized spacial score (nSPS) is 19.2. The number of aliphatic hydroxyl groups is 1. The van der Waals surface area contributed by atoms with Gasteiger partial charge in [-0.1, -0.05) is 0 Å². The third-order valence-corrected chi connectivity index (χ3v) is 3.58. The zero-order valence-electron chi connectivity index (χ0n) is 10.2. The van der Waals surface area contributed by atoms with Crippen molar-refractivity contribution in [2.75, 3.05) is 13.7 Å². The molecular formula is C12H21N3O. The minimum absolute atomic E-state index is 0.135. The van der Waals surface area contributed by atoms with Crippen LogP contribution in [0.5, 0.6) is 0 Å². The van der Waals surface area contributed by atoms with Gasteiger partial charge in [0.2, 0.25) is 0 Å². The highest BCUT2D eigenvalue weighted by atomic mass is 16.3. The molecule has 16 heavy (non-hydrogen) atoms. The summed E-state index contributed by atoms with van der Waals surface area (Å²) in [5.41, 5.74) is 2.36. The summed E-state index contributed by atoms with van der Waals surface area (Å²) in [6.07, 6.45) is 6.67. The molecule has 1 aromatic heterocycles. The molecule has 1 unspecified atom stereocenters. The first-order chi connectivity index (χ1) is 7.68. The van der Waals surface area contributed by atoms with Crippen LogP contribution in [0.3, 0.4) is 0 Å². The fourth-order valence-corrected chi connectivity index (χ4v) is 2.25. The van der Waals surface area contributed by atoms with Crippen molar-refractivity contribution in [1.82, 2.24) is 14.9 Å². The number of rotatable bonds is 4. The highest BCUT2D eigenvalue weighted by molar-refractivity contribution is 5.16. The molecule has 1 atom stereocenters. The smallest absolute Gasteiger partial charge is 0.0952 e. The standard InChI is InChI=1S/C12H21N3O/c1-12(8-16,13-2)7-15-9-14-10-5-3-4-6-11(10)15/h9,13,16H,3-8H2,1-2H3. The molecule has 0 amide bonds. The van der Waals surface area contributed by atoms with Crippen molar-refractivity contribution in [1.29, 1.82) is 0 Å². The molecule has 90 valence electrons. The Morgan fingerprint density at radius 2 is 2.25 bits per heavy atom. The van der Waals surface area contributed by atoms with Gasteiger partial charge in [0.05, 0.1) is 24.2 Å². The van der Waals surface area contributed by atoms with Crippen molar-refractivity contribution in [3.8, 4) is 0 Å². The Bertz CT molecular complexity index is 355. The summed E-state index contributed by atoms with van der Waals surface area (Å²) in [5, 5.41) is 12.6. The van der Waals surface area contributed by atoms with Crippen LogP contribution in [0.4, 0.5) is 0 Å². The number of fused-ring (bicyclic) bond motifs is 1. The first kappa shape index (κ1) is 11.6.